The van der Waals surface area contributed by atoms with Gasteiger partial charge in [-0.15, -0.1) is 0 Å². The molecule has 0 bridgehead atoms. The lowest BCUT2D eigenvalue weighted by Crippen LogP contribution is -2.38. The first kappa shape index (κ1) is 14.3. The topological polar surface area (TPSA) is 86.7 Å². The second-order valence-corrected chi connectivity index (χ2v) is 4.39. The summed E-state index contributed by atoms with van der Waals surface area (Å²) in [5.41, 5.74) is 0. The van der Waals surface area contributed by atoms with Crippen molar-refractivity contribution >= 4 is 24.0 Å². The zero-order valence-electron chi connectivity index (χ0n) is 10.4. The summed E-state index contributed by atoms with van der Waals surface area (Å²) in [5.74, 6) is -2.02. The highest BCUT2D eigenvalue weighted by Gasteiger charge is 2.35. The lowest BCUT2D eigenvalue weighted by molar-refractivity contribution is -0.160. The Morgan fingerprint density at radius 1 is 0.944 bits per heavy atom. The maximum atomic E-state index is 11.4. The highest BCUT2D eigenvalue weighted by molar-refractivity contribution is 6.26. The average Bonchev–Trinajstić information content (AvgIpc) is 2.25. The summed E-state index contributed by atoms with van der Waals surface area (Å²) >= 11 is 0. The summed E-state index contributed by atoms with van der Waals surface area (Å²) in [5, 5.41) is 0. The second-order valence-electron chi connectivity index (χ2n) is 4.39. The van der Waals surface area contributed by atoms with Gasteiger partial charge in [-0.3, -0.25) is 19.2 Å². The normalized spacial score (nSPS) is 27.1. The van der Waals surface area contributed by atoms with Crippen LogP contribution in [0.1, 0.15) is 33.1 Å². The fourth-order valence-electron chi connectivity index (χ4n) is 2.21. The van der Waals surface area contributed by atoms with Gasteiger partial charge >= 0.3 is 11.9 Å². The molecular weight excluding hydrogens is 240 g/mol. The van der Waals surface area contributed by atoms with Gasteiger partial charge in [-0.2, -0.15) is 0 Å². The van der Waals surface area contributed by atoms with Crippen LogP contribution in [-0.2, 0) is 28.7 Å². The summed E-state index contributed by atoms with van der Waals surface area (Å²) < 4.78 is 10.1. The lowest BCUT2D eigenvalue weighted by atomic mass is 9.83. The van der Waals surface area contributed by atoms with E-state index in [0.29, 0.717) is 19.3 Å². The molecule has 18 heavy (non-hydrogen) atoms. The predicted octanol–water partition coefficient (Wildman–Crippen LogP) is 0.418. The van der Waals surface area contributed by atoms with E-state index < -0.39 is 35.8 Å². The quantitative estimate of drug-likeness (QED) is 0.411. The molecule has 0 amide bonds. The highest BCUT2D eigenvalue weighted by atomic mass is 16.6. The van der Waals surface area contributed by atoms with Crippen LogP contribution < -0.4 is 0 Å². The van der Waals surface area contributed by atoms with Crippen molar-refractivity contribution < 1.29 is 28.7 Å². The van der Waals surface area contributed by atoms with Crippen LogP contribution in [0.3, 0.4) is 0 Å². The van der Waals surface area contributed by atoms with E-state index in [0.717, 1.165) is 0 Å². The third-order valence-electron chi connectivity index (χ3n) is 2.80. The number of hydrogen-bond acceptors (Lipinski definition) is 6. The van der Waals surface area contributed by atoms with Crippen molar-refractivity contribution in [1.29, 1.82) is 0 Å². The number of hydrogen-bond donors (Lipinski definition) is 0. The summed E-state index contributed by atoms with van der Waals surface area (Å²) in [7, 11) is 0. The Labute approximate surface area is 105 Å². The van der Waals surface area contributed by atoms with Gasteiger partial charge in [0.15, 0.2) is 12.1 Å². The van der Waals surface area contributed by atoms with Crippen molar-refractivity contribution in [3.8, 4) is 0 Å². The molecule has 0 aliphatic heterocycles. The Morgan fingerprint density at radius 3 is 1.72 bits per heavy atom. The van der Waals surface area contributed by atoms with Gasteiger partial charge in [-0.05, 0) is 12.8 Å². The number of aldehydes is 1. The number of carbonyl (C=O) groups excluding carboxylic acids is 4. The molecule has 1 saturated carbocycles. The van der Waals surface area contributed by atoms with Gasteiger partial charge in [0.2, 0.25) is 0 Å². The van der Waals surface area contributed by atoms with E-state index in [9.17, 15) is 19.2 Å². The number of rotatable bonds is 4. The molecule has 6 heteroatoms. The Morgan fingerprint density at radius 2 is 1.39 bits per heavy atom. The molecule has 0 heterocycles. The molecule has 1 fully saturated rings. The van der Waals surface area contributed by atoms with Crippen molar-refractivity contribution in [3.63, 3.8) is 0 Å². The molecule has 0 saturated heterocycles. The van der Waals surface area contributed by atoms with Crippen LogP contribution in [0.25, 0.3) is 0 Å². The van der Waals surface area contributed by atoms with E-state index in [1.807, 2.05) is 0 Å². The Hall–Kier alpha value is -1.72. The molecule has 0 aromatic rings. The molecule has 6 nitrogen and oxygen atoms in total. The first-order valence-corrected chi connectivity index (χ1v) is 5.75. The van der Waals surface area contributed by atoms with Gasteiger partial charge in [0.1, 0.15) is 12.2 Å². The second kappa shape index (κ2) is 6.28. The van der Waals surface area contributed by atoms with Crippen molar-refractivity contribution in [2.45, 2.75) is 45.3 Å². The highest BCUT2D eigenvalue weighted by Crippen LogP contribution is 2.29. The van der Waals surface area contributed by atoms with Gasteiger partial charge in [0, 0.05) is 26.2 Å². The fraction of sp³-hybridized carbons (Fsp3) is 0.667. The van der Waals surface area contributed by atoms with Crippen LogP contribution in [0, 0.1) is 5.92 Å². The molecule has 1 rings (SSSR count). The maximum absolute atomic E-state index is 11.4. The van der Waals surface area contributed by atoms with E-state index in [1.54, 1.807) is 0 Å². The van der Waals surface area contributed by atoms with Crippen LogP contribution in [0.4, 0.5) is 0 Å². The molecule has 0 N–H and O–H groups in total. The van der Waals surface area contributed by atoms with Gasteiger partial charge in [0.05, 0.1) is 0 Å². The predicted molar refractivity (Wildman–Crippen MR) is 59.5 cm³/mol. The van der Waals surface area contributed by atoms with E-state index in [-0.39, 0.29) is 6.29 Å². The largest absolute Gasteiger partial charge is 0.462 e. The average molecular weight is 256 g/mol. The smallest absolute Gasteiger partial charge is 0.302 e. The van der Waals surface area contributed by atoms with Gasteiger partial charge in [-0.1, -0.05) is 0 Å². The number of ketones is 1. The standard InChI is InChI=1S/C12H16O6/c1-7(14)17-10-3-9(12(16)6-13)4-11(5-10)18-8(2)15/h6,9-11H,3-5H2,1-2H3. The zero-order chi connectivity index (χ0) is 13.7. The monoisotopic (exact) mass is 256 g/mol. The molecule has 0 aromatic carbocycles. The molecule has 2 unspecified atom stereocenters. The number of esters is 2. The van der Waals surface area contributed by atoms with Crippen LogP contribution in [0.5, 0.6) is 0 Å². The van der Waals surface area contributed by atoms with E-state index >= 15 is 0 Å². The first-order valence-electron chi connectivity index (χ1n) is 5.75. The minimum atomic E-state index is -0.552. The number of carbonyl (C=O) groups is 4. The first-order chi connectivity index (χ1) is 8.42. The van der Waals surface area contributed by atoms with Gasteiger partial charge in [-0.25, -0.2) is 0 Å². The van der Waals surface area contributed by atoms with Crippen LogP contribution in [0.15, 0.2) is 0 Å². The molecule has 0 spiro atoms. The van der Waals surface area contributed by atoms with Crippen LogP contribution in [0.2, 0.25) is 0 Å². The van der Waals surface area contributed by atoms with E-state index in [1.165, 1.54) is 13.8 Å². The lowest BCUT2D eigenvalue weighted by Gasteiger charge is -2.32. The Balaban J connectivity index is 2.71. The molecule has 2 atom stereocenters. The Bertz CT molecular complexity index is 338. The summed E-state index contributed by atoms with van der Waals surface area (Å²) in [6.45, 7) is 2.54. The minimum absolute atomic E-state index is 0.256. The zero-order valence-corrected chi connectivity index (χ0v) is 10.4. The van der Waals surface area contributed by atoms with E-state index in [2.05, 4.69) is 0 Å². The minimum Gasteiger partial charge on any atom is -0.462 e. The molecule has 100 valence electrons. The number of Topliss-reactive ketones (excluding diaryl/α,β-unsaturated/α-hetero) is 1. The van der Waals surface area contributed by atoms with Crippen LogP contribution >= 0.6 is 0 Å². The molecule has 0 aromatic heterocycles. The SMILES string of the molecule is CC(=O)OC1CC(OC(C)=O)CC(C(=O)C=O)C1. The van der Waals surface area contributed by atoms with Crippen molar-refractivity contribution in [2.75, 3.05) is 0 Å². The molecule has 1 aliphatic carbocycles. The van der Waals surface area contributed by atoms with Crippen molar-refractivity contribution in [2.24, 2.45) is 5.92 Å². The van der Waals surface area contributed by atoms with Crippen molar-refractivity contribution in [3.05, 3.63) is 0 Å². The molecular formula is C12H16O6. The summed E-state index contributed by atoms with van der Waals surface area (Å²) in [6.07, 6.45) is 0.237. The fourth-order valence-corrected chi connectivity index (χ4v) is 2.21. The van der Waals surface area contributed by atoms with Gasteiger partial charge in [0.25, 0.3) is 0 Å². The maximum Gasteiger partial charge on any atom is 0.302 e. The third kappa shape index (κ3) is 4.27. The third-order valence-corrected chi connectivity index (χ3v) is 2.80. The van der Waals surface area contributed by atoms with Gasteiger partial charge < -0.3 is 9.47 Å². The molecule has 1 aliphatic rings. The van der Waals surface area contributed by atoms with E-state index in [4.69, 9.17) is 9.47 Å². The number of ether oxygens (including phenoxy) is 2. The summed E-state index contributed by atoms with van der Waals surface area (Å²) in [6, 6.07) is 0. The Kier molecular flexibility index (Phi) is 5.00. The molecule has 0 radical (unpaired) electrons. The summed E-state index contributed by atoms with van der Waals surface area (Å²) in [4.78, 5) is 43.7. The van der Waals surface area contributed by atoms with Crippen LogP contribution in [-0.4, -0.2) is 36.2 Å². The van der Waals surface area contributed by atoms with Crippen molar-refractivity contribution in [1.82, 2.24) is 0 Å².